The number of hydrogen-bond acceptors (Lipinski definition) is 1. The summed E-state index contributed by atoms with van der Waals surface area (Å²) in [5.41, 5.74) is 6.39. The predicted octanol–water partition coefficient (Wildman–Crippen LogP) is 2.64. The lowest BCUT2D eigenvalue weighted by atomic mass is 10.1. The molecule has 0 unspecified atom stereocenters. The molecule has 0 spiro atoms. The molecule has 1 aromatic carbocycles. The molecule has 1 aliphatic rings. The van der Waals surface area contributed by atoms with Crippen molar-refractivity contribution in [1.29, 1.82) is 0 Å². The maximum absolute atomic E-state index is 4.24. The standard InChI is InChI=1S/C11H9N/c1-2-5-11-10-7-4-3-6-9(10)8-12-11/h2-4,6-8H,1H3. The van der Waals surface area contributed by atoms with Crippen molar-refractivity contribution in [2.24, 2.45) is 4.99 Å². The highest BCUT2D eigenvalue weighted by Crippen LogP contribution is 2.23. The molecule has 0 aliphatic carbocycles. The molecule has 2 rings (SSSR count). The van der Waals surface area contributed by atoms with Crippen molar-refractivity contribution in [3.8, 4) is 0 Å². The summed E-state index contributed by atoms with van der Waals surface area (Å²) >= 11 is 0. The number of benzene rings is 1. The van der Waals surface area contributed by atoms with Gasteiger partial charge in [-0.25, -0.2) is 4.99 Å². The predicted molar refractivity (Wildman–Crippen MR) is 51.2 cm³/mol. The normalized spacial score (nSPS) is 12.6. The van der Waals surface area contributed by atoms with Crippen LogP contribution in [0.25, 0.3) is 5.70 Å². The van der Waals surface area contributed by atoms with Crippen molar-refractivity contribution in [1.82, 2.24) is 0 Å². The maximum Gasteiger partial charge on any atom is 0.112 e. The van der Waals surface area contributed by atoms with Gasteiger partial charge in [0.15, 0.2) is 0 Å². The Kier molecular flexibility index (Phi) is 1.65. The van der Waals surface area contributed by atoms with Crippen LogP contribution in [-0.2, 0) is 0 Å². The average molecular weight is 155 g/mol. The maximum atomic E-state index is 4.24. The second-order valence-electron chi connectivity index (χ2n) is 2.63. The van der Waals surface area contributed by atoms with Gasteiger partial charge in [-0.15, -0.1) is 0 Å². The molecule has 0 radical (unpaired) electrons. The number of hydrogen-bond donors (Lipinski definition) is 0. The van der Waals surface area contributed by atoms with E-state index in [2.05, 4.69) is 22.9 Å². The Morgan fingerprint density at radius 1 is 1.33 bits per heavy atom. The lowest BCUT2D eigenvalue weighted by Gasteiger charge is -1.93. The van der Waals surface area contributed by atoms with Crippen molar-refractivity contribution < 1.29 is 0 Å². The summed E-state index contributed by atoms with van der Waals surface area (Å²) in [6.07, 6.45) is 3.76. The van der Waals surface area contributed by atoms with Crippen LogP contribution in [0.1, 0.15) is 18.1 Å². The average Bonchev–Trinajstić information content (AvgIpc) is 2.50. The minimum Gasteiger partial charge on any atom is -0.247 e. The van der Waals surface area contributed by atoms with Crippen LogP contribution in [0.3, 0.4) is 0 Å². The SMILES string of the molecule is CC=C=C1N=Cc2ccccc21. The minimum atomic E-state index is 0.938. The summed E-state index contributed by atoms with van der Waals surface area (Å²) < 4.78 is 0. The molecule has 0 bridgehead atoms. The highest BCUT2D eigenvalue weighted by molar-refractivity contribution is 5.97. The van der Waals surface area contributed by atoms with Gasteiger partial charge in [0, 0.05) is 17.3 Å². The summed E-state index contributed by atoms with van der Waals surface area (Å²) in [6, 6.07) is 8.16. The first-order valence-corrected chi connectivity index (χ1v) is 3.96. The van der Waals surface area contributed by atoms with E-state index in [0.717, 1.165) is 5.70 Å². The number of nitrogens with zero attached hydrogens (tertiary/aromatic N) is 1. The Hall–Kier alpha value is -1.59. The topological polar surface area (TPSA) is 12.4 Å². The van der Waals surface area contributed by atoms with E-state index in [4.69, 9.17) is 0 Å². The fourth-order valence-electron chi connectivity index (χ4n) is 1.28. The van der Waals surface area contributed by atoms with Crippen LogP contribution in [0.5, 0.6) is 0 Å². The Labute approximate surface area is 71.8 Å². The van der Waals surface area contributed by atoms with Gasteiger partial charge in [0.05, 0.1) is 0 Å². The Morgan fingerprint density at radius 2 is 2.17 bits per heavy atom. The van der Waals surface area contributed by atoms with E-state index < -0.39 is 0 Å². The van der Waals surface area contributed by atoms with Gasteiger partial charge in [0.1, 0.15) is 5.70 Å². The van der Waals surface area contributed by atoms with Crippen LogP contribution in [0, 0.1) is 0 Å². The van der Waals surface area contributed by atoms with Crippen LogP contribution < -0.4 is 0 Å². The first-order valence-electron chi connectivity index (χ1n) is 3.96. The highest BCUT2D eigenvalue weighted by Gasteiger charge is 2.08. The van der Waals surface area contributed by atoms with Gasteiger partial charge >= 0.3 is 0 Å². The van der Waals surface area contributed by atoms with Crippen LogP contribution in [0.2, 0.25) is 0 Å². The van der Waals surface area contributed by atoms with Crippen molar-refractivity contribution >= 4 is 11.9 Å². The molecule has 0 aromatic heterocycles. The summed E-state index contributed by atoms with van der Waals surface area (Å²) in [6.45, 7) is 1.95. The molecular weight excluding hydrogens is 146 g/mol. The fourth-order valence-corrected chi connectivity index (χ4v) is 1.28. The van der Waals surface area contributed by atoms with E-state index in [9.17, 15) is 0 Å². The number of aliphatic imine (C=N–C) groups is 1. The third-order valence-electron chi connectivity index (χ3n) is 1.83. The van der Waals surface area contributed by atoms with Crippen LogP contribution in [0.15, 0.2) is 41.1 Å². The first-order chi connectivity index (χ1) is 5.92. The van der Waals surface area contributed by atoms with Gasteiger partial charge in [-0.1, -0.05) is 30.0 Å². The first kappa shape index (κ1) is 7.08. The smallest absolute Gasteiger partial charge is 0.112 e. The molecule has 0 amide bonds. The third kappa shape index (κ3) is 1.01. The molecule has 0 saturated heterocycles. The fraction of sp³-hybridized carbons (Fsp3) is 0.0909. The van der Waals surface area contributed by atoms with Gasteiger partial charge in [-0.05, 0) is 13.0 Å². The molecule has 1 nitrogen and oxygen atoms in total. The van der Waals surface area contributed by atoms with Gasteiger partial charge in [0.25, 0.3) is 0 Å². The molecular formula is C11H9N. The molecule has 58 valence electrons. The van der Waals surface area contributed by atoms with Gasteiger partial charge in [-0.3, -0.25) is 0 Å². The van der Waals surface area contributed by atoms with Gasteiger partial charge in [0.2, 0.25) is 0 Å². The molecule has 1 aliphatic heterocycles. The van der Waals surface area contributed by atoms with Crippen molar-refractivity contribution in [3.63, 3.8) is 0 Å². The molecule has 1 heterocycles. The van der Waals surface area contributed by atoms with Crippen molar-refractivity contribution in [3.05, 3.63) is 47.2 Å². The number of allylic oxidation sites excluding steroid dienone is 1. The van der Waals surface area contributed by atoms with E-state index in [1.54, 1.807) is 0 Å². The molecule has 0 fully saturated rings. The molecule has 12 heavy (non-hydrogen) atoms. The van der Waals surface area contributed by atoms with E-state index in [0.29, 0.717) is 0 Å². The lowest BCUT2D eigenvalue weighted by Crippen LogP contribution is -1.79. The third-order valence-corrected chi connectivity index (χ3v) is 1.83. The monoisotopic (exact) mass is 155 g/mol. The van der Waals surface area contributed by atoms with E-state index in [1.165, 1.54) is 11.1 Å². The van der Waals surface area contributed by atoms with Crippen LogP contribution in [0.4, 0.5) is 0 Å². The second kappa shape index (κ2) is 2.80. The zero-order chi connectivity index (χ0) is 8.39. The summed E-state index contributed by atoms with van der Waals surface area (Å²) in [7, 11) is 0. The van der Waals surface area contributed by atoms with E-state index in [-0.39, 0.29) is 0 Å². The molecule has 0 saturated carbocycles. The van der Waals surface area contributed by atoms with Crippen LogP contribution >= 0.6 is 0 Å². The van der Waals surface area contributed by atoms with E-state index >= 15 is 0 Å². The Bertz CT molecular complexity index is 393. The Balaban J connectivity index is 2.64. The molecule has 1 aromatic rings. The Morgan fingerprint density at radius 3 is 3.00 bits per heavy atom. The second-order valence-corrected chi connectivity index (χ2v) is 2.63. The summed E-state index contributed by atoms with van der Waals surface area (Å²) in [5.74, 6) is 0. The van der Waals surface area contributed by atoms with Crippen molar-refractivity contribution in [2.75, 3.05) is 0 Å². The van der Waals surface area contributed by atoms with Crippen LogP contribution in [-0.4, -0.2) is 6.21 Å². The lowest BCUT2D eigenvalue weighted by molar-refractivity contribution is 1.57. The minimum absolute atomic E-state index is 0.938. The highest BCUT2D eigenvalue weighted by atomic mass is 14.8. The summed E-state index contributed by atoms with van der Waals surface area (Å²) in [4.78, 5) is 4.24. The number of fused-ring (bicyclic) bond motifs is 1. The zero-order valence-corrected chi connectivity index (χ0v) is 6.91. The van der Waals surface area contributed by atoms with Gasteiger partial charge < -0.3 is 0 Å². The molecule has 1 heteroatoms. The largest absolute Gasteiger partial charge is 0.247 e. The summed E-state index contributed by atoms with van der Waals surface area (Å²) in [5, 5.41) is 0. The quantitative estimate of drug-likeness (QED) is 0.511. The van der Waals surface area contributed by atoms with Crippen molar-refractivity contribution in [2.45, 2.75) is 6.92 Å². The molecule has 0 N–H and O–H groups in total. The molecule has 0 atom stereocenters. The van der Waals surface area contributed by atoms with Gasteiger partial charge in [-0.2, -0.15) is 0 Å². The van der Waals surface area contributed by atoms with E-state index in [1.807, 2.05) is 31.3 Å². The number of rotatable bonds is 0. The zero-order valence-electron chi connectivity index (χ0n) is 6.91.